The Bertz CT molecular complexity index is 1540. The molecular weight excluding hydrogens is 519 g/mol. The van der Waals surface area contributed by atoms with Crippen LogP contribution in [0.4, 0.5) is 13.2 Å². The van der Waals surface area contributed by atoms with Crippen LogP contribution in [0.15, 0.2) is 59.1 Å². The van der Waals surface area contributed by atoms with Gasteiger partial charge in [0.25, 0.3) is 5.91 Å². The second-order valence-electron chi connectivity index (χ2n) is 9.89. The van der Waals surface area contributed by atoms with Gasteiger partial charge in [-0.15, -0.1) is 0 Å². The van der Waals surface area contributed by atoms with Gasteiger partial charge in [0.15, 0.2) is 11.4 Å². The van der Waals surface area contributed by atoms with E-state index in [9.17, 15) is 48.0 Å². The summed E-state index contributed by atoms with van der Waals surface area (Å²) in [5.41, 5.74) is 1.83. The van der Waals surface area contributed by atoms with E-state index >= 15 is 0 Å². The lowest BCUT2D eigenvalue weighted by Gasteiger charge is -2.45. The number of fused-ring (bicyclic) bond motifs is 3. The highest BCUT2D eigenvalue weighted by Gasteiger charge is 2.59. The SMILES string of the molecule is NC(=O)C1=C(O)CC2C[C@@H]3Cc4c(/C=C/c5ccc(C(F)(F)F)cc5)ccc(O)c4C(=O)C3=C(O)[C@]2(O)C1=O. The predicted molar refractivity (Wildman–Crippen MR) is 131 cm³/mol. The monoisotopic (exact) mass is 541 g/mol. The van der Waals surface area contributed by atoms with Gasteiger partial charge in [-0.2, -0.15) is 13.2 Å². The Kier molecular flexibility index (Phi) is 5.95. The highest BCUT2D eigenvalue weighted by atomic mass is 19.4. The van der Waals surface area contributed by atoms with Gasteiger partial charge in [0.2, 0.25) is 5.78 Å². The number of carbonyl (C=O) groups excluding carboxylic acids is 3. The van der Waals surface area contributed by atoms with Crippen molar-refractivity contribution < 1.29 is 48.0 Å². The summed E-state index contributed by atoms with van der Waals surface area (Å²) in [5, 5.41) is 43.1. The molecule has 0 saturated carbocycles. The molecule has 8 nitrogen and oxygen atoms in total. The molecule has 0 radical (unpaired) electrons. The summed E-state index contributed by atoms with van der Waals surface area (Å²) in [6.45, 7) is 0. The number of phenolic OH excluding ortho intramolecular Hbond substituents is 1. The van der Waals surface area contributed by atoms with Crippen molar-refractivity contribution in [2.75, 3.05) is 0 Å². The molecule has 1 unspecified atom stereocenters. The number of ketones is 2. The molecule has 2 aromatic carbocycles. The fourth-order valence-electron chi connectivity index (χ4n) is 5.77. The fourth-order valence-corrected chi connectivity index (χ4v) is 5.77. The number of aliphatic hydroxyl groups excluding tert-OH is 2. The Labute approximate surface area is 219 Å². The summed E-state index contributed by atoms with van der Waals surface area (Å²) in [5.74, 6) is -7.12. The normalized spacial score (nSPS) is 25.0. The predicted octanol–water partition coefficient (Wildman–Crippen LogP) is 3.77. The molecule has 11 heteroatoms. The number of aliphatic hydroxyl groups is 3. The van der Waals surface area contributed by atoms with E-state index in [-0.39, 0.29) is 30.4 Å². The van der Waals surface area contributed by atoms with Crippen LogP contribution in [0, 0.1) is 11.8 Å². The van der Waals surface area contributed by atoms with Crippen molar-refractivity contribution in [3.05, 3.63) is 86.9 Å². The number of hydrogen-bond acceptors (Lipinski definition) is 7. The fraction of sp³-hybridized carbons (Fsp3) is 0.250. The number of halogens is 3. The van der Waals surface area contributed by atoms with E-state index in [0.717, 1.165) is 12.1 Å². The van der Waals surface area contributed by atoms with Crippen molar-refractivity contribution in [3.63, 3.8) is 0 Å². The largest absolute Gasteiger partial charge is 0.511 e. The van der Waals surface area contributed by atoms with Crippen LogP contribution in [-0.2, 0) is 22.2 Å². The van der Waals surface area contributed by atoms with Crippen LogP contribution in [0.5, 0.6) is 5.75 Å². The van der Waals surface area contributed by atoms with Gasteiger partial charge in [0, 0.05) is 17.9 Å². The smallest absolute Gasteiger partial charge is 0.416 e. The minimum atomic E-state index is -4.47. The Morgan fingerprint density at radius 1 is 1.00 bits per heavy atom. The highest BCUT2D eigenvalue weighted by molar-refractivity contribution is 6.24. The van der Waals surface area contributed by atoms with Gasteiger partial charge >= 0.3 is 6.18 Å². The minimum absolute atomic E-state index is 0.0133. The number of nitrogens with two attached hydrogens (primary N) is 1. The van der Waals surface area contributed by atoms with Crippen molar-refractivity contribution in [1.82, 2.24) is 0 Å². The molecule has 0 aliphatic heterocycles. The van der Waals surface area contributed by atoms with Crippen molar-refractivity contribution in [1.29, 1.82) is 0 Å². The number of amides is 1. The highest BCUT2D eigenvalue weighted by Crippen LogP contribution is 2.51. The van der Waals surface area contributed by atoms with E-state index in [4.69, 9.17) is 5.73 Å². The average molecular weight is 541 g/mol. The topological polar surface area (TPSA) is 158 Å². The Hall–Kier alpha value is -4.38. The molecule has 3 aliphatic rings. The first-order valence-corrected chi connectivity index (χ1v) is 11.9. The second kappa shape index (κ2) is 8.84. The molecule has 0 saturated heterocycles. The van der Waals surface area contributed by atoms with Gasteiger partial charge in [0.1, 0.15) is 22.8 Å². The van der Waals surface area contributed by atoms with E-state index in [1.165, 1.54) is 24.3 Å². The summed E-state index contributed by atoms with van der Waals surface area (Å²) < 4.78 is 38.6. The lowest BCUT2D eigenvalue weighted by molar-refractivity contribution is -0.144. The molecule has 1 amide bonds. The number of alkyl halides is 3. The number of Topliss-reactive ketones (excluding diaryl/α,β-unsaturated/α-hetero) is 2. The third kappa shape index (κ3) is 4.00. The number of aromatic hydroxyl groups is 1. The molecule has 0 bridgehead atoms. The van der Waals surface area contributed by atoms with Crippen LogP contribution in [0.25, 0.3) is 12.2 Å². The molecule has 0 spiro atoms. The second-order valence-corrected chi connectivity index (χ2v) is 9.89. The van der Waals surface area contributed by atoms with Gasteiger partial charge < -0.3 is 26.2 Å². The summed E-state index contributed by atoms with van der Waals surface area (Å²) in [6.07, 6.45) is -1.59. The Balaban J connectivity index is 1.55. The Morgan fingerprint density at radius 2 is 1.67 bits per heavy atom. The quantitative estimate of drug-likeness (QED) is 0.292. The molecule has 6 N–H and O–H groups in total. The van der Waals surface area contributed by atoms with Crippen LogP contribution in [0.1, 0.15) is 45.5 Å². The molecule has 39 heavy (non-hydrogen) atoms. The van der Waals surface area contributed by atoms with E-state index in [1.807, 2.05) is 0 Å². The molecule has 5 rings (SSSR count). The molecule has 2 aromatic rings. The number of phenols is 1. The number of primary amides is 1. The van der Waals surface area contributed by atoms with Crippen LogP contribution >= 0.6 is 0 Å². The molecule has 202 valence electrons. The Morgan fingerprint density at radius 3 is 2.28 bits per heavy atom. The molecule has 0 fully saturated rings. The van der Waals surface area contributed by atoms with Crippen LogP contribution < -0.4 is 5.73 Å². The van der Waals surface area contributed by atoms with Gasteiger partial charge in [0.05, 0.1) is 11.1 Å². The van der Waals surface area contributed by atoms with Gasteiger partial charge in [-0.1, -0.05) is 30.4 Å². The van der Waals surface area contributed by atoms with Crippen LogP contribution in [0.2, 0.25) is 0 Å². The average Bonchev–Trinajstić information content (AvgIpc) is 2.85. The minimum Gasteiger partial charge on any atom is -0.511 e. The third-order valence-corrected chi connectivity index (χ3v) is 7.67. The van der Waals surface area contributed by atoms with Crippen LogP contribution in [-0.4, -0.2) is 43.5 Å². The zero-order valence-corrected chi connectivity index (χ0v) is 20.1. The molecular formula is C28H22F3NO7. The van der Waals surface area contributed by atoms with E-state index in [0.29, 0.717) is 16.7 Å². The molecule has 0 aromatic heterocycles. The number of hydrogen-bond donors (Lipinski definition) is 5. The number of carbonyl (C=O) groups is 3. The molecule has 3 atom stereocenters. The van der Waals surface area contributed by atoms with Crippen LogP contribution in [0.3, 0.4) is 0 Å². The lowest BCUT2D eigenvalue weighted by Crippen LogP contribution is -2.57. The standard InChI is InChI=1S/C28H22F3NO7/c29-28(30,31)15-6-2-12(3-7-15)1-4-13-5-8-18(33)21-17(13)10-14-9-16-11-19(34)22(26(32)38)25(37)27(16,39)24(36)20(14)23(21)35/h1-8,14,16,33-34,36,39H,9-11H2,(H2,32,38)/b4-1+/t14-,16?,27+/m1/s1. The summed E-state index contributed by atoms with van der Waals surface area (Å²) in [4.78, 5) is 38.3. The van der Waals surface area contributed by atoms with Gasteiger partial charge in [-0.25, -0.2) is 0 Å². The maximum atomic E-state index is 13.6. The molecule has 0 heterocycles. The number of rotatable bonds is 3. The summed E-state index contributed by atoms with van der Waals surface area (Å²) in [6, 6.07) is 7.25. The van der Waals surface area contributed by atoms with Gasteiger partial charge in [-0.05, 0) is 53.6 Å². The van der Waals surface area contributed by atoms with E-state index in [2.05, 4.69) is 0 Å². The van der Waals surface area contributed by atoms with Crippen molar-refractivity contribution >= 4 is 29.6 Å². The molecule has 3 aliphatic carbocycles. The maximum Gasteiger partial charge on any atom is 0.416 e. The van der Waals surface area contributed by atoms with E-state index < -0.39 is 69.5 Å². The third-order valence-electron chi connectivity index (χ3n) is 7.67. The summed E-state index contributed by atoms with van der Waals surface area (Å²) in [7, 11) is 0. The first-order valence-electron chi connectivity index (χ1n) is 11.9. The van der Waals surface area contributed by atoms with Gasteiger partial charge in [-0.3, -0.25) is 14.4 Å². The van der Waals surface area contributed by atoms with Crippen molar-refractivity contribution in [3.8, 4) is 5.75 Å². The zero-order valence-electron chi connectivity index (χ0n) is 20.1. The first-order chi connectivity index (χ1) is 18.2. The maximum absolute atomic E-state index is 13.6. The van der Waals surface area contributed by atoms with E-state index in [1.54, 1.807) is 12.2 Å². The number of benzene rings is 2. The number of allylic oxidation sites excluding steroid dienone is 2. The first kappa shape index (κ1) is 26.2. The lowest BCUT2D eigenvalue weighted by atomic mass is 9.60. The van der Waals surface area contributed by atoms with Crippen molar-refractivity contribution in [2.24, 2.45) is 17.6 Å². The summed E-state index contributed by atoms with van der Waals surface area (Å²) >= 11 is 0. The zero-order chi connectivity index (χ0) is 28.4. The van der Waals surface area contributed by atoms with Crippen molar-refractivity contribution in [2.45, 2.75) is 31.0 Å².